The first-order chi connectivity index (χ1) is 18.0. The summed E-state index contributed by atoms with van der Waals surface area (Å²) in [5.74, 6) is -0.608. The lowest BCUT2D eigenvalue weighted by Gasteiger charge is -2.26. The lowest BCUT2D eigenvalue weighted by Crippen LogP contribution is -2.40. The van der Waals surface area contributed by atoms with Crippen molar-refractivity contribution >= 4 is 48.9 Å². The summed E-state index contributed by atoms with van der Waals surface area (Å²) in [7, 11) is -7.80. The van der Waals surface area contributed by atoms with E-state index in [1.165, 1.54) is 40.7 Å². The third-order valence-electron chi connectivity index (χ3n) is 6.15. The fraction of sp³-hybridized carbons (Fsp3) is 0.269. The van der Waals surface area contributed by atoms with Gasteiger partial charge in [-0.1, -0.05) is 35.4 Å². The third-order valence-corrected chi connectivity index (χ3v) is 10.2. The summed E-state index contributed by atoms with van der Waals surface area (Å²) in [5, 5.41) is 3.03. The number of carbonyl (C=O) groups is 1. The van der Waals surface area contributed by atoms with Crippen LogP contribution in [0, 0.1) is 13.8 Å². The van der Waals surface area contributed by atoms with Gasteiger partial charge in [0.15, 0.2) is 0 Å². The summed E-state index contributed by atoms with van der Waals surface area (Å²) in [6.07, 6.45) is 0. The van der Waals surface area contributed by atoms with Crippen LogP contribution >= 0.6 is 11.6 Å². The molecule has 0 unspecified atom stereocenters. The molecule has 1 saturated heterocycles. The molecular formula is C26H28ClN3O6S2. The van der Waals surface area contributed by atoms with Gasteiger partial charge in [0, 0.05) is 23.8 Å². The molecule has 1 heterocycles. The molecule has 12 heteroatoms. The second kappa shape index (κ2) is 11.4. The van der Waals surface area contributed by atoms with E-state index in [-0.39, 0.29) is 28.6 Å². The Kier molecular flexibility index (Phi) is 8.43. The van der Waals surface area contributed by atoms with Crippen LogP contribution < -0.4 is 9.62 Å². The Balaban J connectivity index is 1.57. The van der Waals surface area contributed by atoms with E-state index in [0.29, 0.717) is 29.5 Å². The lowest BCUT2D eigenvalue weighted by atomic mass is 10.2. The van der Waals surface area contributed by atoms with Crippen LogP contribution in [0.1, 0.15) is 11.1 Å². The second-order valence-corrected chi connectivity index (χ2v) is 13.0. The largest absolute Gasteiger partial charge is 0.379 e. The zero-order valence-electron chi connectivity index (χ0n) is 20.9. The molecule has 1 N–H and O–H groups in total. The fourth-order valence-corrected chi connectivity index (χ4v) is 7.04. The van der Waals surface area contributed by atoms with Crippen LogP contribution in [0.5, 0.6) is 0 Å². The molecule has 1 aliphatic rings. The molecular weight excluding hydrogens is 550 g/mol. The number of benzene rings is 3. The quantitative estimate of drug-likeness (QED) is 0.435. The first-order valence-electron chi connectivity index (χ1n) is 11.8. The van der Waals surface area contributed by atoms with E-state index in [1.807, 2.05) is 6.92 Å². The molecule has 0 radical (unpaired) electrons. The van der Waals surface area contributed by atoms with Gasteiger partial charge in [0.25, 0.3) is 10.0 Å². The molecule has 1 amide bonds. The Bertz CT molecular complexity index is 1520. The SMILES string of the molecule is Cc1ccc(S(=O)(=O)N(CC(=O)Nc2ccc(S(=O)(=O)N3CCOCC3)cc2)c2cccc(Cl)c2C)cc1. The standard InChI is InChI=1S/C26H28ClN3O6S2/c1-19-6-10-23(11-7-19)38(34,35)30(25-5-3-4-24(27)20(25)2)18-26(31)28-21-8-12-22(13-9-21)37(32,33)29-14-16-36-17-15-29/h3-13H,14-18H2,1-2H3,(H,28,31). The maximum atomic E-state index is 13.6. The van der Waals surface area contributed by atoms with E-state index in [4.69, 9.17) is 16.3 Å². The Hall–Kier alpha value is -2.96. The van der Waals surface area contributed by atoms with Crippen LogP contribution in [0.15, 0.2) is 76.5 Å². The van der Waals surface area contributed by atoms with Crippen LogP contribution in [0.4, 0.5) is 11.4 Å². The fourth-order valence-electron chi connectivity index (χ4n) is 3.98. The van der Waals surface area contributed by atoms with Crippen molar-refractivity contribution in [2.75, 3.05) is 42.5 Å². The number of nitrogens with zero attached hydrogens (tertiary/aromatic N) is 2. The van der Waals surface area contributed by atoms with Crippen molar-refractivity contribution in [2.24, 2.45) is 0 Å². The van der Waals surface area contributed by atoms with Crippen molar-refractivity contribution in [3.8, 4) is 0 Å². The molecule has 3 aromatic carbocycles. The van der Waals surface area contributed by atoms with Crippen LogP contribution in [0.25, 0.3) is 0 Å². The van der Waals surface area contributed by atoms with Crippen molar-refractivity contribution in [3.05, 3.63) is 82.9 Å². The number of hydrogen-bond donors (Lipinski definition) is 1. The first kappa shape index (κ1) is 28.1. The number of rotatable bonds is 8. The van der Waals surface area contributed by atoms with Crippen molar-refractivity contribution in [3.63, 3.8) is 0 Å². The van der Waals surface area contributed by atoms with Gasteiger partial charge in [0.1, 0.15) is 6.54 Å². The van der Waals surface area contributed by atoms with Gasteiger partial charge in [0.2, 0.25) is 15.9 Å². The van der Waals surface area contributed by atoms with Gasteiger partial charge in [0.05, 0.1) is 28.7 Å². The Labute approximate surface area is 228 Å². The third kappa shape index (κ3) is 6.02. The molecule has 0 aromatic heterocycles. The van der Waals surface area contributed by atoms with Crippen LogP contribution in [-0.2, 0) is 29.6 Å². The minimum Gasteiger partial charge on any atom is -0.379 e. The monoisotopic (exact) mass is 577 g/mol. The summed E-state index contributed by atoms with van der Waals surface area (Å²) < 4.78 is 60.5. The molecule has 0 saturated carbocycles. The van der Waals surface area contributed by atoms with Crippen molar-refractivity contribution in [2.45, 2.75) is 23.6 Å². The van der Waals surface area contributed by atoms with Crippen molar-refractivity contribution < 1.29 is 26.4 Å². The normalized spacial score (nSPS) is 14.7. The highest BCUT2D eigenvalue weighted by atomic mass is 35.5. The van der Waals surface area contributed by atoms with E-state index >= 15 is 0 Å². The highest BCUT2D eigenvalue weighted by molar-refractivity contribution is 7.92. The number of morpholine rings is 1. The molecule has 1 fully saturated rings. The van der Waals surface area contributed by atoms with Gasteiger partial charge in [-0.05, 0) is 67.9 Å². The molecule has 202 valence electrons. The van der Waals surface area contributed by atoms with Crippen LogP contribution in [0.3, 0.4) is 0 Å². The summed E-state index contributed by atoms with van der Waals surface area (Å²) in [5.41, 5.74) is 2.01. The van der Waals surface area contributed by atoms with Crippen LogP contribution in [-0.4, -0.2) is 59.9 Å². The van der Waals surface area contributed by atoms with Crippen LogP contribution in [0.2, 0.25) is 5.02 Å². The molecule has 0 aliphatic carbocycles. The number of nitrogens with one attached hydrogen (secondary N) is 1. The Morgan fingerprint density at radius 1 is 0.921 bits per heavy atom. The zero-order valence-corrected chi connectivity index (χ0v) is 23.3. The number of hydrogen-bond acceptors (Lipinski definition) is 6. The number of carbonyl (C=O) groups excluding carboxylic acids is 1. The van der Waals surface area contributed by atoms with Gasteiger partial charge in [-0.15, -0.1) is 0 Å². The molecule has 0 atom stereocenters. The lowest BCUT2D eigenvalue weighted by molar-refractivity contribution is -0.114. The number of anilines is 2. The molecule has 1 aliphatic heterocycles. The topological polar surface area (TPSA) is 113 Å². The molecule has 0 bridgehead atoms. The summed E-state index contributed by atoms with van der Waals surface area (Å²) in [4.78, 5) is 13.2. The van der Waals surface area contributed by atoms with Crippen molar-refractivity contribution in [1.82, 2.24) is 4.31 Å². The van der Waals surface area contributed by atoms with Crippen molar-refractivity contribution in [1.29, 1.82) is 0 Å². The molecule has 3 aromatic rings. The number of sulfonamides is 2. The van der Waals surface area contributed by atoms with Gasteiger partial charge < -0.3 is 10.1 Å². The predicted octanol–water partition coefficient (Wildman–Crippen LogP) is 3.81. The smallest absolute Gasteiger partial charge is 0.264 e. The average Bonchev–Trinajstić information content (AvgIpc) is 2.90. The molecule has 9 nitrogen and oxygen atoms in total. The van der Waals surface area contributed by atoms with E-state index in [2.05, 4.69) is 5.32 Å². The minimum atomic E-state index is -4.12. The van der Waals surface area contributed by atoms with E-state index < -0.39 is 32.5 Å². The van der Waals surface area contributed by atoms with Gasteiger partial charge >= 0.3 is 0 Å². The minimum absolute atomic E-state index is 0.0351. The molecule has 0 spiro atoms. The summed E-state index contributed by atoms with van der Waals surface area (Å²) in [6, 6.07) is 16.9. The summed E-state index contributed by atoms with van der Waals surface area (Å²) in [6.45, 7) is 4.22. The summed E-state index contributed by atoms with van der Waals surface area (Å²) >= 11 is 6.27. The predicted molar refractivity (Wildman–Crippen MR) is 147 cm³/mol. The molecule has 4 rings (SSSR count). The van der Waals surface area contributed by atoms with Gasteiger partial charge in [-0.2, -0.15) is 4.31 Å². The second-order valence-electron chi connectivity index (χ2n) is 8.80. The highest BCUT2D eigenvalue weighted by Crippen LogP contribution is 2.31. The van der Waals surface area contributed by atoms with E-state index in [9.17, 15) is 21.6 Å². The Morgan fingerprint density at radius 3 is 2.16 bits per heavy atom. The van der Waals surface area contributed by atoms with Gasteiger partial charge in [-0.3, -0.25) is 9.10 Å². The average molecular weight is 578 g/mol. The number of ether oxygens (including phenoxy) is 1. The first-order valence-corrected chi connectivity index (χ1v) is 15.1. The zero-order chi connectivity index (χ0) is 27.5. The van der Waals surface area contributed by atoms with Gasteiger partial charge in [-0.25, -0.2) is 16.8 Å². The Morgan fingerprint density at radius 2 is 1.53 bits per heavy atom. The molecule has 38 heavy (non-hydrogen) atoms. The number of aryl methyl sites for hydroxylation is 1. The highest BCUT2D eigenvalue weighted by Gasteiger charge is 2.29. The maximum Gasteiger partial charge on any atom is 0.264 e. The number of amides is 1. The maximum absolute atomic E-state index is 13.6. The number of halogens is 1. The van der Waals surface area contributed by atoms with E-state index in [1.54, 1.807) is 37.3 Å². The van der Waals surface area contributed by atoms with E-state index in [0.717, 1.165) is 9.87 Å².